The number of benzene rings is 1. The van der Waals surface area contributed by atoms with Crippen molar-refractivity contribution in [2.45, 2.75) is 20.5 Å². The zero-order valence-corrected chi connectivity index (χ0v) is 11.2. The van der Waals surface area contributed by atoms with Crippen LogP contribution in [0.1, 0.15) is 11.1 Å². The molecule has 0 amide bonds. The second-order valence-electron chi connectivity index (χ2n) is 2.58. The van der Waals surface area contributed by atoms with Crippen LogP contribution in [0.3, 0.4) is 0 Å². The van der Waals surface area contributed by atoms with E-state index in [4.69, 9.17) is 0 Å². The van der Waals surface area contributed by atoms with Crippen LogP contribution in [0, 0.1) is 27.3 Å². The van der Waals surface area contributed by atoms with E-state index >= 15 is 0 Å². The van der Waals surface area contributed by atoms with E-state index in [1.165, 1.54) is 6.07 Å². The van der Waals surface area contributed by atoms with Crippen LogP contribution in [0.4, 0.5) is 8.78 Å². The maximum absolute atomic E-state index is 11.7. The minimum absolute atomic E-state index is 0. The third-order valence-corrected chi connectivity index (χ3v) is 1.34. The Morgan fingerprint density at radius 3 is 2.29 bits per heavy atom. The fourth-order valence-corrected chi connectivity index (χ4v) is 1.02. The molecule has 4 heteroatoms. The largest absolute Gasteiger partial charge is 2.00 e. The minimum Gasteiger partial charge on any atom is -0.462 e. The molecule has 14 heavy (non-hydrogen) atoms. The van der Waals surface area contributed by atoms with Gasteiger partial charge < -0.3 is 12.2 Å². The summed E-state index contributed by atoms with van der Waals surface area (Å²) in [5, 5.41) is 0. The molecule has 1 nitrogen and oxygen atoms in total. The summed E-state index contributed by atoms with van der Waals surface area (Å²) in [5.41, 5.74) is 1.69. The van der Waals surface area contributed by atoms with Gasteiger partial charge in [-0.15, -0.1) is 12.1 Å². The van der Waals surface area contributed by atoms with E-state index in [1.54, 1.807) is 6.92 Å². The van der Waals surface area contributed by atoms with Crippen LogP contribution in [0.5, 0.6) is 5.75 Å². The maximum Gasteiger partial charge on any atom is 2.00 e. The van der Waals surface area contributed by atoms with E-state index in [-0.39, 0.29) is 34.2 Å². The third kappa shape index (κ3) is 5.33. The average Bonchev–Trinajstić information content (AvgIpc) is 1.81. The van der Waals surface area contributed by atoms with Gasteiger partial charge >= 0.3 is 27.7 Å². The van der Waals surface area contributed by atoms with Crippen molar-refractivity contribution >= 4 is 0 Å². The van der Waals surface area contributed by atoms with Gasteiger partial charge in [-0.05, 0) is 0 Å². The van der Waals surface area contributed by atoms with E-state index in [2.05, 4.69) is 10.8 Å². The van der Waals surface area contributed by atoms with E-state index in [9.17, 15) is 8.78 Å². The van der Waals surface area contributed by atoms with Gasteiger partial charge in [0.25, 0.3) is 0 Å². The van der Waals surface area contributed by atoms with Gasteiger partial charge in [-0.2, -0.15) is 26.0 Å². The summed E-state index contributed by atoms with van der Waals surface area (Å²) in [6.45, 7) is 0.826. The first-order chi connectivity index (χ1) is 5.58. The number of hydrogen-bond acceptors (Lipinski definition) is 1. The molecule has 0 bridgehead atoms. The van der Waals surface area contributed by atoms with Crippen molar-refractivity contribution in [1.82, 2.24) is 0 Å². The maximum atomic E-state index is 11.7. The summed E-state index contributed by atoms with van der Waals surface area (Å²) in [6, 6.07) is 6.05. The summed E-state index contributed by atoms with van der Waals surface area (Å²) in [6.07, 6.45) is 0. The second-order valence-corrected chi connectivity index (χ2v) is 2.58. The molecule has 0 heterocycles. The SMILES string of the molecule is Cc1[c-]c(OC(F)F)cc(C)c1.[CH3-].[W+2]. The van der Waals surface area contributed by atoms with Gasteiger partial charge in [-0.25, -0.2) is 0 Å². The van der Waals surface area contributed by atoms with E-state index in [0.29, 0.717) is 0 Å². The molecule has 1 rings (SSSR count). The fraction of sp³-hybridized carbons (Fsp3) is 0.300. The molecule has 0 aliphatic heterocycles. The fourth-order valence-electron chi connectivity index (χ4n) is 1.02. The molecule has 78 valence electrons. The summed E-state index contributed by atoms with van der Waals surface area (Å²) in [5.74, 6) is 0.0995. The Hall–Kier alpha value is -0.432. The first kappa shape index (κ1) is 16.0. The molecule has 1 aromatic rings. The van der Waals surface area contributed by atoms with Gasteiger partial charge in [-0.3, -0.25) is 0 Å². The van der Waals surface area contributed by atoms with Crippen LogP contribution < -0.4 is 4.74 Å². The molecular weight excluding hydrogens is 358 g/mol. The number of ether oxygens (including phenoxy) is 1. The Morgan fingerprint density at radius 2 is 1.86 bits per heavy atom. The van der Waals surface area contributed by atoms with Crippen LogP contribution in [0.25, 0.3) is 0 Å². The predicted molar refractivity (Wildman–Crippen MR) is 47.8 cm³/mol. The van der Waals surface area contributed by atoms with Crippen LogP contribution in [0.15, 0.2) is 12.1 Å². The van der Waals surface area contributed by atoms with E-state index in [1.807, 2.05) is 13.0 Å². The zero-order chi connectivity index (χ0) is 9.14. The Kier molecular flexibility index (Phi) is 7.94. The molecular formula is C10H12F2OW. The molecule has 0 radical (unpaired) electrons. The molecule has 0 fully saturated rings. The van der Waals surface area contributed by atoms with E-state index < -0.39 is 6.61 Å². The zero-order valence-electron chi connectivity index (χ0n) is 8.30. The van der Waals surface area contributed by atoms with Crippen LogP contribution in [-0.2, 0) is 21.1 Å². The Morgan fingerprint density at radius 1 is 1.29 bits per heavy atom. The molecule has 0 saturated heterocycles. The number of hydrogen-bond donors (Lipinski definition) is 0. The first-order valence-corrected chi connectivity index (χ1v) is 3.53. The average molecular weight is 370 g/mol. The molecule has 1 aromatic carbocycles. The molecule has 0 unspecified atom stereocenters. The topological polar surface area (TPSA) is 9.23 Å². The van der Waals surface area contributed by atoms with Crippen molar-refractivity contribution in [1.29, 1.82) is 0 Å². The van der Waals surface area contributed by atoms with Crippen molar-refractivity contribution in [3.8, 4) is 5.75 Å². The Balaban J connectivity index is 0. The van der Waals surface area contributed by atoms with Gasteiger partial charge in [-0.1, -0.05) is 13.8 Å². The molecule has 0 aliphatic rings. The van der Waals surface area contributed by atoms with Crippen molar-refractivity contribution in [2.75, 3.05) is 0 Å². The molecule has 0 N–H and O–H groups in total. The van der Waals surface area contributed by atoms with Gasteiger partial charge in [0.15, 0.2) is 0 Å². The number of aryl methyl sites for hydroxylation is 2. The summed E-state index contributed by atoms with van der Waals surface area (Å²) in [7, 11) is 0. The Bertz CT molecular complexity index is 257. The summed E-state index contributed by atoms with van der Waals surface area (Å²) in [4.78, 5) is 0. The quantitative estimate of drug-likeness (QED) is 0.727. The monoisotopic (exact) mass is 370 g/mol. The predicted octanol–water partition coefficient (Wildman–Crippen LogP) is 3.15. The van der Waals surface area contributed by atoms with Crippen LogP contribution in [-0.4, -0.2) is 6.61 Å². The third-order valence-electron chi connectivity index (χ3n) is 1.34. The number of halogens is 2. The van der Waals surface area contributed by atoms with Gasteiger partial charge in [0, 0.05) is 5.75 Å². The van der Waals surface area contributed by atoms with Crippen LogP contribution in [0.2, 0.25) is 0 Å². The second kappa shape index (κ2) is 6.94. The number of rotatable bonds is 2. The van der Waals surface area contributed by atoms with Crippen molar-refractivity contribution in [2.24, 2.45) is 0 Å². The van der Waals surface area contributed by atoms with Crippen molar-refractivity contribution in [3.63, 3.8) is 0 Å². The normalized spacial score (nSPS) is 8.93. The van der Waals surface area contributed by atoms with Crippen molar-refractivity contribution < 1.29 is 34.6 Å². The molecule has 0 aliphatic carbocycles. The molecule has 0 saturated carbocycles. The summed E-state index contributed by atoms with van der Waals surface area (Å²) >= 11 is 0. The van der Waals surface area contributed by atoms with Gasteiger partial charge in [0.05, 0.1) is 0 Å². The molecule has 0 aromatic heterocycles. The summed E-state index contributed by atoms with van der Waals surface area (Å²) < 4.78 is 27.7. The van der Waals surface area contributed by atoms with Crippen molar-refractivity contribution in [3.05, 3.63) is 36.8 Å². The smallest absolute Gasteiger partial charge is 0.462 e. The van der Waals surface area contributed by atoms with Gasteiger partial charge in [0.2, 0.25) is 0 Å². The van der Waals surface area contributed by atoms with Crippen LogP contribution >= 0.6 is 0 Å². The standard InChI is InChI=1S/C9H9F2O.CH3.W/c1-6-3-7(2)5-8(4-6)12-9(10)11;;/h3-4,9H,1-2H3;1H3;/q2*-1;+2. The molecule has 0 atom stereocenters. The first-order valence-electron chi connectivity index (χ1n) is 3.53. The Labute approximate surface area is 97.7 Å². The van der Waals surface area contributed by atoms with E-state index in [0.717, 1.165) is 11.1 Å². The molecule has 0 spiro atoms. The van der Waals surface area contributed by atoms with Gasteiger partial charge in [0.1, 0.15) is 0 Å². The number of alkyl halides is 2. The minimum atomic E-state index is -2.78.